The van der Waals surface area contributed by atoms with E-state index in [-0.39, 0.29) is 11.6 Å². The molecule has 0 saturated carbocycles. The quantitative estimate of drug-likeness (QED) is 0.790. The predicted molar refractivity (Wildman–Crippen MR) is 88.4 cm³/mol. The van der Waals surface area contributed by atoms with Crippen LogP contribution in [0, 0.1) is 6.92 Å². The molecule has 0 amide bonds. The lowest BCUT2D eigenvalue weighted by Crippen LogP contribution is -2.38. The number of phenols is 1. The van der Waals surface area contributed by atoms with Gasteiger partial charge in [0.05, 0.1) is 11.3 Å². The van der Waals surface area contributed by atoms with Crippen molar-refractivity contribution in [3.63, 3.8) is 0 Å². The van der Waals surface area contributed by atoms with Gasteiger partial charge in [-0.25, -0.2) is 0 Å². The molecule has 0 spiro atoms. The first-order valence-corrected chi connectivity index (χ1v) is 8.07. The number of aryl methyl sites for hydroxylation is 1. The molecular weight excluding hydrogens is 333 g/mol. The molecular formula is C17H19F3N4O. The summed E-state index contributed by atoms with van der Waals surface area (Å²) in [5, 5.41) is 24.7. The molecule has 1 atom stereocenters. The van der Waals surface area contributed by atoms with Crippen molar-refractivity contribution in [1.29, 1.82) is 0 Å². The summed E-state index contributed by atoms with van der Waals surface area (Å²) in [4.78, 5) is 0. The lowest BCUT2D eigenvalue weighted by atomic mass is 10.0. The Morgan fingerprint density at radius 3 is 2.60 bits per heavy atom. The van der Waals surface area contributed by atoms with Crippen LogP contribution < -0.4 is 10.6 Å². The first-order valence-electron chi connectivity index (χ1n) is 8.07. The van der Waals surface area contributed by atoms with Crippen molar-refractivity contribution in [3.05, 3.63) is 35.4 Å². The molecule has 1 unspecified atom stereocenters. The maximum absolute atomic E-state index is 12.8. The van der Waals surface area contributed by atoms with Crippen LogP contribution in [-0.2, 0) is 6.18 Å². The summed E-state index contributed by atoms with van der Waals surface area (Å²) in [6.07, 6.45) is -2.38. The Morgan fingerprint density at radius 1 is 1.24 bits per heavy atom. The Kier molecular flexibility index (Phi) is 4.80. The van der Waals surface area contributed by atoms with Crippen LogP contribution in [0.25, 0.3) is 11.3 Å². The molecule has 1 aliphatic heterocycles. The van der Waals surface area contributed by atoms with Gasteiger partial charge < -0.3 is 15.7 Å². The number of nitrogens with one attached hydrogen (secondary N) is 2. The number of hydrogen-bond donors (Lipinski definition) is 3. The molecule has 1 aromatic carbocycles. The third-order valence-electron chi connectivity index (χ3n) is 4.21. The molecule has 5 nitrogen and oxygen atoms in total. The Morgan fingerprint density at radius 2 is 2.04 bits per heavy atom. The maximum Gasteiger partial charge on any atom is 0.416 e. The lowest BCUT2D eigenvalue weighted by Gasteiger charge is -2.24. The van der Waals surface area contributed by atoms with E-state index < -0.39 is 17.5 Å². The molecule has 2 heterocycles. The van der Waals surface area contributed by atoms with E-state index in [1.54, 1.807) is 12.1 Å². The fourth-order valence-electron chi connectivity index (χ4n) is 2.99. The number of phenolic OH excluding ortho intramolecular Hbond substituents is 1. The van der Waals surface area contributed by atoms with Crippen LogP contribution in [0.2, 0.25) is 0 Å². The number of nitrogens with zero attached hydrogens (tertiary/aromatic N) is 2. The Hall–Kier alpha value is -2.35. The fraction of sp³-hybridized carbons (Fsp3) is 0.412. The second-order valence-electron chi connectivity index (χ2n) is 6.18. The summed E-state index contributed by atoms with van der Waals surface area (Å²) in [5.41, 5.74) is -0.0106. The SMILES string of the molecule is Cc1cc(C(F)(F)F)cc(O)c1-c1ccc(NC2CCCNC2)nn1. The zero-order valence-electron chi connectivity index (χ0n) is 13.7. The van der Waals surface area contributed by atoms with Crippen molar-refractivity contribution in [1.82, 2.24) is 15.5 Å². The number of alkyl halides is 3. The van der Waals surface area contributed by atoms with Gasteiger partial charge in [0.25, 0.3) is 0 Å². The van der Waals surface area contributed by atoms with E-state index in [0.29, 0.717) is 23.1 Å². The highest BCUT2D eigenvalue weighted by Crippen LogP contribution is 2.38. The van der Waals surface area contributed by atoms with Gasteiger partial charge in [0.1, 0.15) is 11.6 Å². The van der Waals surface area contributed by atoms with Gasteiger partial charge in [0, 0.05) is 18.2 Å². The van der Waals surface area contributed by atoms with Gasteiger partial charge in [-0.2, -0.15) is 13.2 Å². The second-order valence-corrected chi connectivity index (χ2v) is 6.18. The van der Waals surface area contributed by atoms with E-state index in [2.05, 4.69) is 20.8 Å². The maximum atomic E-state index is 12.8. The topological polar surface area (TPSA) is 70.1 Å². The van der Waals surface area contributed by atoms with Crippen LogP contribution in [0.4, 0.5) is 19.0 Å². The van der Waals surface area contributed by atoms with Crippen LogP contribution >= 0.6 is 0 Å². The van der Waals surface area contributed by atoms with Crippen LogP contribution in [-0.4, -0.2) is 34.4 Å². The van der Waals surface area contributed by atoms with Crippen molar-refractivity contribution >= 4 is 5.82 Å². The minimum Gasteiger partial charge on any atom is -0.507 e. The lowest BCUT2D eigenvalue weighted by molar-refractivity contribution is -0.137. The molecule has 134 valence electrons. The first kappa shape index (κ1) is 17.5. The Labute approximate surface area is 143 Å². The normalized spacial score (nSPS) is 18.2. The fourth-order valence-corrected chi connectivity index (χ4v) is 2.99. The van der Waals surface area contributed by atoms with Gasteiger partial charge in [-0.15, -0.1) is 10.2 Å². The zero-order valence-corrected chi connectivity index (χ0v) is 13.7. The van der Waals surface area contributed by atoms with Crippen molar-refractivity contribution in [2.24, 2.45) is 0 Å². The van der Waals surface area contributed by atoms with Crippen LogP contribution in [0.5, 0.6) is 5.75 Å². The van der Waals surface area contributed by atoms with Crippen molar-refractivity contribution < 1.29 is 18.3 Å². The predicted octanol–water partition coefficient (Wildman–Crippen LogP) is 3.34. The number of hydrogen-bond acceptors (Lipinski definition) is 5. The van der Waals surface area contributed by atoms with Gasteiger partial charge >= 0.3 is 6.18 Å². The monoisotopic (exact) mass is 352 g/mol. The summed E-state index contributed by atoms with van der Waals surface area (Å²) in [6, 6.07) is 5.34. The summed E-state index contributed by atoms with van der Waals surface area (Å²) in [5.74, 6) is 0.139. The number of aromatic nitrogens is 2. The molecule has 8 heteroatoms. The van der Waals surface area contributed by atoms with Gasteiger partial charge in [0.15, 0.2) is 0 Å². The molecule has 0 bridgehead atoms. The van der Waals surface area contributed by atoms with Crippen molar-refractivity contribution in [3.8, 4) is 17.0 Å². The minimum atomic E-state index is -4.51. The highest BCUT2D eigenvalue weighted by Gasteiger charge is 2.32. The van der Waals surface area contributed by atoms with Gasteiger partial charge in [-0.05, 0) is 56.1 Å². The Bertz CT molecular complexity index is 718. The van der Waals surface area contributed by atoms with E-state index in [1.165, 1.54) is 6.92 Å². The Balaban J connectivity index is 1.82. The van der Waals surface area contributed by atoms with E-state index in [9.17, 15) is 18.3 Å². The molecule has 1 fully saturated rings. The van der Waals surface area contributed by atoms with E-state index >= 15 is 0 Å². The molecule has 2 aromatic rings. The summed E-state index contributed by atoms with van der Waals surface area (Å²) in [7, 11) is 0. The molecule has 3 rings (SSSR count). The van der Waals surface area contributed by atoms with Gasteiger partial charge in [-0.3, -0.25) is 0 Å². The van der Waals surface area contributed by atoms with Crippen LogP contribution in [0.3, 0.4) is 0 Å². The summed E-state index contributed by atoms with van der Waals surface area (Å²) in [6.45, 7) is 3.36. The van der Waals surface area contributed by atoms with Crippen LogP contribution in [0.15, 0.2) is 24.3 Å². The molecule has 1 aromatic heterocycles. The molecule has 25 heavy (non-hydrogen) atoms. The molecule has 3 N–H and O–H groups in total. The third kappa shape index (κ3) is 4.01. The number of anilines is 1. The number of halogens is 3. The second kappa shape index (κ2) is 6.87. The van der Waals surface area contributed by atoms with Crippen LogP contribution in [0.1, 0.15) is 24.0 Å². The molecule has 1 saturated heterocycles. The van der Waals surface area contributed by atoms with E-state index in [1.807, 2.05) is 0 Å². The number of benzene rings is 1. The van der Waals surface area contributed by atoms with E-state index in [4.69, 9.17) is 0 Å². The van der Waals surface area contributed by atoms with Crippen molar-refractivity contribution in [2.45, 2.75) is 32.0 Å². The molecule has 0 radical (unpaired) electrons. The first-order chi connectivity index (χ1) is 11.8. The average Bonchev–Trinajstić information content (AvgIpc) is 2.56. The number of rotatable bonds is 3. The standard InChI is InChI=1S/C17H19F3N4O/c1-10-7-11(17(18,19)20)8-14(25)16(10)13-4-5-15(24-23-13)22-12-3-2-6-21-9-12/h4-5,7-8,12,21,25H,2-3,6,9H2,1H3,(H,22,24). The molecule has 1 aliphatic rings. The highest BCUT2D eigenvalue weighted by molar-refractivity contribution is 5.71. The van der Waals surface area contributed by atoms with Crippen molar-refractivity contribution in [2.75, 3.05) is 18.4 Å². The number of piperidine rings is 1. The highest BCUT2D eigenvalue weighted by atomic mass is 19.4. The largest absolute Gasteiger partial charge is 0.507 e. The van der Waals surface area contributed by atoms with Gasteiger partial charge in [-0.1, -0.05) is 0 Å². The third-order valence-corrected chi connectivity index (χ3v) is 4.21. The average molecular weight is 352 g/mol. The molecule has 0 aliphatic carbocycles. The van der Waals surface area contributed by atoms with E-state index in [0.717, 1.165) is 32.0 Å². The summed E-state index contributed by atoms with van der Waals surface area (Å²) < 4.78 is 38.4. The zero-order chi connectivity index (χ0) is 18.0. The van der Waals surface area contributed by atoms with Gasteiger partial charge in [0.2, 0.25) is 0 Å². The smallest absolute Gasteiger partial charge is 0.416 e. The summed E-state index contributed by atoms with van der Waals surface area (Å²) >= 11 is 0. The minimum absolute atomic E-state index is 0.256. The number of aromatic hydroxyl groups is 1.